The van der Waals surface area contributed by atoms with E-state index in [0.29, 0.717) is 30.1 Å². The summed E-state index contributed by atoms with van der Waals surface area (Å²) in [6.45, 7) is 0.409. The average molecular weight is 431 g/mol. The zero-order chi connectivity index (χ0) is 22.1. The molecule has 0 bridgehead atoms. The maximum atomic E-state index is 13.5. The van der Waals surface area contributed by atoms with Gasteiger partial charge in [0.1, 0.15) is 12.4 Å². The van der Waals surface area contributed by atoms with Gasteiger partial charge in [-0.3, -0.25) is 14.2 Å². The fourth-order valence-corrected chi connectivity index (χ4v) is 3.26. The highest BCUT2D eigenvalue weighted by Gasteiger charge is 2.30. The van der Waals surface area contributed by atoms with E-state index < -0.39 is 29.3 Å². The largest absolute Gasteiger partial charge is 0.366 e. The van der Waals surface area contributed by atoms with E-state index in [2.05, 4.69) is 15.0 Å². The van der Waals surface area contributed by atoms with Gasteiger partial charge in [-0.1, -0.05) is 0 Å². The number of rotatable bonds is 4. The topological polar surface area (TPSA) is 90.2 Å². The molecule has 4 rings (SSSR count). The lowest BCUT2D eigenvalue weighted by atomic mass is 10.0. The predicted molar refractivity (Wildman–Crippen MR) is 103 cm³/mol. The van der Waals surface area contributed by atoms with Gasteiger partial charge in [0.15, 0.2) is 23.2 Å². The number of carbonyl (C=O) groups is 1. The number of ether oxygens (including phenoxy) is 1. The second kappa shape index (κ2) is 8.26. The van der Waals surface area contributed by atoms with Gasteiger partial charge < -0.3 is 9.64 Å². The highest BCUT2D eigenvalue weighted by atomic mass is 19.2. The molecule has 8 nitrogen and oxygen atoms in total. The molecule has 0 radical (unpaired) electrons. The molecule has 1 atom stereocenters. The number of hydrogen-bond donors (Lipinski definition) is 0. The summed E-state index contributed by atoms with van der Waals surface area (Å²) in [7, 11) is 1.53. The Morgan fingerprint density at radius 1 is 1.16 bits per heavy atom. The summed E-state index contributed by atoms with van der Waals surface area (Å²) in [6, 6.07) is 4.20. The fourth-order valence-electron chi connectivity index (χ4n) is 3.26. The van der Waals surface area contributed by atoms with Crippen LogP contribution in [-0.4, -0.2) is 51.1 Å². The minimum Gasteiger partial charge on any atom is -0.366 e. The van der Waals surface area contributed by atoms with E-state index in [9.17, 15) is 22.8 Å². The van der Waals surface area contributed by atoms with Crippen molar-refractivity contribution in [3.05, 3.63) is 70.2 Å². The Morgan fingerprint density at radius 2 is 1.90 bits per heavy atom. The van der Waals surface area contributed by atoms with Gasteiger partial charge in [-0.15, -0.1) is 0 Å². The van der Waals surface area contributed by atoms with Gasteiger partial charge in [-0.25, -0.2) is 28.1 Å². The Kier molecular flexibility index (Phi) is 5.51. The Balaban J connectivity index is 1.64. The van der Waals surface area contributed by atoms with Crippen LogP contribution in [-0.2, 0) is 11.8 Å². The Bertz CT molecular complexity index is 1180. The van der Waals surface area contributed by atoms with Gasteiger partial charge in [0.25, 0.3) is 5.56 Å². The normalized spacial score (nSPS) is 16.4. The molecule has 1 aliphatic heterocycles. The summed E-state index contributed by atoms with van der Waals surface area (Å²) >= 11 is 0. The first-order valence-corrected chi connectivity index (χ1v) is 9.25. The van der Waals surface area contributed by atoms with Crippen LogP contribution in [0.15, 0.2) is 41.6 Å². The van der Waals surface area contributed by atoms with Crippen LogP contribution in [0.5, 0.6) is 0 Å². The molecule has 1 unspecified atom stereocenters. The number of halogens is 3. The van der Waals surface area contributed by atoms with Crippen LogP contribution in [0.2, 0.25) is 0 Å². The number of Topliss-reactive ketones (excluding diaryl/α,β-unsaturated/α-hetero) is 1. The van der Waals surface area contributed by atoms with Crippen molar-refractivity contribution in [2.45, 2.75) is 6.10 Å². The predicted octanol–water partition coefficient (Wildman–Crippen LogP) is 1.74. The van der Waals surface area contributed by atoms with Crippen molar-refractivity contribution in [2.24, 2.45) is 7.05 Å². The van der Waals surface area contributed by atoms with Crippen LogP contribution in [0, 0.1) is 17.5 Å². The molecular weight excluding hydrogens is 415 g/mol. The molecular formula is C20H16F3N5O3. The summed E-state index contributed by atoms with van der Waals surface area (Å²) < 4.78 is 47.1. The Morgan fingerprint density at radius 3 is 2.58 bits per heavy atom. The third-order valence-electron chi connectivity index (χ3n) is 4.87. The fraction of sp³-hybridized carbons (Fsp3) is 0.250. The minimum absolute atomic E-state index is 0.0209. The number of hydrogen-bond acceptors (Lipinski definition) is 7. The highest BCUT2D eigenvalue weighted by molar-refractivity contribution is 6.00. The van der Waals surface area contributed by atoms with E-state index in [1.54, 1.807) is 11.0 Å². The van der Waals surface area contributed by atoms with Crippen LogP contribution in [0.25, 0.3) is 11.4 Å². The molecule has 2 aromatic heterocycles. The second-order valence-electron chi connectivity index (χ2n) is 6.86. The van der Waals surface area contributed by atoms with E-state index in [0.717, 1.165) is 0 Å². The lowest BCUT2D eigenvalue weighted by Gasteiger charge is -2.33. The zero-order valence-corrected chi connectivity index (χ0v) is 16.3. The molecule has 0 aliphatic carbocycles. The number of morpholine rings is 1. The maximum Gasteiger partial charge on any atom is 0.255 e. The molecule has 1 aliphatic rings. The summed E-state index contributed by atoms with van der Waals surface area (Å²) in [4.78, 5) is 39.3. The molecule has 1 aromatic carbocycles. The lowest BCUT2D eigenvalue weighted by molar-refractivity contribution is 0.0336. The minimum atomic E-state index is -1.65. The van der Waals surface area contributed by atoms with Crippen LogP contribution in [0.3, 0.4) is 0 Å². The highest BCUT2D eigenvalue weighted by Crippen LogP contribution is 2.21. The number of carbonyl (C=O) groups excluding carboxylic acids is 1. The zero-order valence-electron chi connectivity index (χ0n) is 16.3. The number of ketones is 1. The smallest absolute Gasteiger partial charge is 0.255 e. The first kappa shape index (κ1) is 20.7. The first-order valence-electron chi connectivity index (χ1n) is 9.25. The monoisotopic (exact) mass is 431 g/mol. The van der Waals surface area contributed by atoms with Crippen LogP contribution < -0.4 is 10.5 Å². The standard InChI is InChI=1S/C20H16F3N5O3/c1-27-17(29)8-15(14-2-3-24-10-25-14)26-20(27)28-4-5-31-16(9-28)19(30)11-6-12(21)18(23)13(22)7-11/h2-3,6-8,10,16H,4-5,9H2,1H3. The van der Waals surface area contributed by atoms with Crippen molar-refractivity contribution in [2.75, 3.05) is 24.6 Å². The quantitative estimate of drug-likeness (QED) is 0.459. The number of aromatic nitrogens is 4. The number of nitrogens with zero attached hydrogens (tertiary/aromatic N) is 5. The maximum absolute atomic E-state index is 13.5. The molecule has 0 amide bonds. The molecule has 11 heteroatoms. The molecule has 0 saturated carbocycles. The van der Waals surface area contributed by atoms with E-state index in [1.165, 1.54) is 30.2 Å². The van der Waals surface area contributed by atoms with Crippen molar-refractivity contribution in [1.29, 1.82) is 0 Å². The number of benzene rings is 1. The van der Waals surface area contributed by atoms with E-state index in [4.69, 9.17) is 4.74 Å². The van der Waals surface area contributed by atoms with E-state index in [-0.39, 0.29) is 30.2 Å². The molecule has 0 N–H and O–H groups in total. The van der Waals surface area contributed by atoms with E-state index in [1.807, 2.05) is 0 Å². The van der Waals surface area contributed by atoms with Crippen molar-refractivity contribution in [3.63, 3.8) is 0 Å². The summed E-state index contributed by atoms with van der Waals surface area (Å²) in [5, 5.41) is 0. The van der Waals surface area contributed by atoms with Gasteiger partial charge in [0.05, 0.1) is 24.5 Å². The van der Waals surface area contributed by atoms with Gasteiger partial charge >= 0.3 is 0 Å². The molecule has 0 spiro atoms. The molecule has 3 aromatic rings. The van der Waals surface area contributed by atoms with Gasteiger partial charge in [-0.05, 0) is 18.2 Å². The van der Waals surface area contributed by atoms with Crippen molar-refractivity contribution in [1.82, 2.24) is 19.5 Å². The van der Waals surface area contributed by atoms with E-state index >= 15 is 0 Å². The third kappa shape index (κ3) is 4.04. The summed E-state index contributed by atoms with van der Waals surface area (Å²) in [5.74, 6) is -5.00. The average Bonchev–Trinajstić information content (AvgIpc) is 2.79. The second-order valence-corrected chi connectivity index (χ2v) is 6.86. The molecule has 1 saturated heterocycles. The third-order valence-corrected chi connectivity index (χ3v) is 4.87. The summed E-state index contributed by atoms with van der Waals surface area (Å²) in [6.07, 6.45) is 1.77. The Hall–Kier alpha value is -3.60. The van der Waals surface area contributed by atoms with Crippen LogP contribution in [0.1, 0.15) is 10.4 Å². The van der Waals surface area contributed by atoms with Crippen LogP contribution in [0.4, 0.5) is 19.1 Å². The molecule has 31 heavy (non-hydrogen) atoms. The van der Waals surface area contributed by atoms with Gasteiger partial charge in [0.2, 0.25) is 5.95 Å². The molecule has 3 heterocycles. The SMILES string of the molecule is Cn1c(N2CCOC(C(=O)c3cc(F)c(F)c(F)c3)C2)nc(-c2ccncn2)cc1=O. The number of anilines is 1. The van der Waals surface area contributed by atoms with Gasteiger partial charge in [-0.2, -0.15) is 0 Å². The molecule has 160 valence electrons. The van der Waals surface area contributed by atoms with Crippen LogP contribution >= 0.6 is 0 Å². The molecule has 1 fully saturated rings. The summed E-state index contributed by atoms with van der Waals surface area (Å²) in [5.41, 5.74) is 0.0973. The lowest BCUT2D eigenvalue weighted by Crippen LogP contribution is -2.48. The van der Waals surface area contributed by atoms with Crippen molar-refractivity contribution < 1.29 is 22.7 Å². The Labute approximate surface area is 174 Å². The van der Waals surface area contributed by atoms with Crippen molar-refractivity contribution >= 4 is 11.7 Å². The first-order chi connectivity index (χ1) is 14.8. The van der Waals surface area contributed by atoms with Gasteiger partial charge in [0, 0.05) is 31.4 Å². The van der Waals surface area contributed by atoms with Crippen molar-refractivity contribution in [3.8, 4) is 11.4 Å².